The van der Waals surface area contributed by atoms with Gasteiger partial charge in [0.1, 0.15) is 24.1 Å². The highest BCUT2D eigenvalue weighted by Crippen LogP contribution is 2.36. The number of allylic oxidation sites excluding steroid dienone is 1. The predicted octanol–water partition coefficient (Wildman–Crippen LogP) is 6.00. The van der Waals surface area contributed by atoms with E-state index in [1.807, 2.05) is 69.3 Å². The van der Waals surface area contributed by atoms with Gasteiger partial charge in [0.05, 0.1) is 22.9 Å². The first-order valence-electron chi connectivity index (χ1n) is 13.9. The van der Waals surface area contributed by atoms with Gasteiger partial charge in [0.2, 0.25) is 0 Å². The van der Waals surface area contributed by atoms with Crippen molar-refractivity contribution in [2.75, 3.05) is 20.2 Å². The van der Waals surface area contributed by atoms with Crippen LogP contribution < -0.4 is 24.4 Å². The first kappa shape index (κ1) is 30.6. The van der Waals surface area contributed by atoms with Crippen molar-refractivity contribution in [3.8, 4) is 11.5 Å². The number of benzene rings is 3. The Balaban J connectivity index is 1.66. The van der Waals surface area contributed by atoms with Gasteiger partial charge in [-0.3, -0.25) is 14.2 Å². The fourth-order valence-electron chi connectivity index (χ4n) is 5.14. The lowest BCUT2D eigenvalue weighted by Gasteiger charge is -2.29. The van der Waals surface area contributed by atoms with Gasteiger partial charge in [0.15, 0.2) is 4.80 Å². The van der Waals surface area contributed by atoms with Crippen LogP contribution in [-0.4, -0.2) is 35.6 Å². The Hall–Kier alpha value is -3.85. The van der Waals surface area contributed by atoms with Crippen LogP contribution in [0.5, 0.6) is 11.5 Å². The molecule has 1 atom stereocenters. The zero-order valence-corrected chi connectivity index (χ0v) is 26.6. The van der Waals surface area contributed by atoms with E-state index in [1.54, 1.807) is 40.9 Å². The van der Waals surface area contributed by atoms with Crippen LogP contribution in [-0.2, 0) is 11.4 Å². The Morgan fingerprint density at radius 3 is 2.49 bits per heavy atom. The molecule has 7 nitrogen and oxygen atoms in total. The number of methoxy groups -OCH3 is 1. The topological polar surface area (TPSA) is 73.1 Å². The summed E-state index contributed by atoms with van der Waals surface area (Å²) in [6, 6.07) is 19.4. The zero-order valence-electron chi connectivity index (χ0n) is 24.3. The number of rotatable bonds is 9. The summed E-state index contributed by atoms with van der Waals surface area (Å²) in [5, 5.41) is 1.10. The second-order valence-electron chi connectivity index (χ2n) is 9.86. The molecule has 222 valence electrons. The van der Waals surface area contributed by atoms with Crippen molar-refractivity contribution >= 4 is 46.5 Å². The molecule has 1 amide bonds. The van der Waals surface area contributed by atoms with Gasteiger partial charge in [-0.25, -0.2) is 4.99 Å². The van der Waals surface area contributed by atoms with Crippen LogP contribution in [0.15, 0.2) is 87.8 Å². The molecule has 0 fully saturated rings. The average molecular weight is 637 g/mol. The molecule has 1 aliphatic heterocycles. The number of thiazole rings is 1. The van der Waals surface area contributed by atoms with Crippen LogP contribution in [0.25, 0.3) is 6.08 Å². The molecule has 0 spiro atoms. The minimum Gasteiger partial charge on any atom is -0.496 e. The van der Waals surface area contributed by atoms with E-state index in [1.165, 1.54) is 11.3 Å². The maximum atomic E-state index is 14.2. The highest BCUT2D eigenvalue weighted by atomic mass is 35.5. The molecule has 1 aromatic heterocycles. The summed E-state index contributed by atoms with van der Waals surface area (Å²) in [7, 11) is 1.58. The van der Waals surface area contributed by atoms with Crippen molar-refractivity contribution in [3.05, 3.63) is 124 Å². The normalized spacial score (nSPS) is 14.7. The van der Waals surface area contributed by atoms with E-state index in [2.05, 4.69) is 0 Å². The van der Waals surface area contributed by atoms with Gasteiger partial charge in [-0.05, 0) is 57.2 Å². The third-order valence-electron chi connectivity index (χ3n) is 7.34. The molecule has 10 heteroatoms. The molecule has 3 aromatic carbocycles. The molecule has 0 aliphatic carbocycles. The summed E-state index contributed by atoms with van der Waals surface area (Å²) in [4.78, 5) is 35.1. The number of halogens is 2. The maximum Gasteiger partial charge on any atom is 0.271 e. The summed E-state index contributed by atoms with van der Waals surface area (Å²) < 4.78 is 13.8. The van der Waals surface area contributed by atoms with Gasteiger partial charge in [-0.2, -0.15) is 0 Å². The van der Waals surface area contributed by atoms with Gasteiger partial charge < -0.3 is 14.4 Å². The highest BCUT2D eigenvalue weighted by Gasteiger charge is 2.35. The van der Waals surface area contributed by atoms with Gasteiger partial charge in [0, 0.05) is 39.8 Å². The number of amides is 1. The SMILES string of the molecule is CCN(CC)C(=O)C1=C(C)N=c2s/c(=C/c3cc(Cl)ccc3OCc3ccccc3Cl)c(=O)n2[C@@H]1c1ccccc1OC. The van der Waals surface area contributed by atoms with Crippen LogP contribution in [0.3, 0.4) is 0 Å². The zero-order chi connectivity index (χ0) is 30.7. The second kappa shape index (κ2) is 13.2. The van der Waals surface area contributed by atoms with Crippen LogP contribution in [0.4, 0.5) is 0 Å². The second-order valence-corrected chi connectivity index (χ2v) is 11.7. The van der Waals surface area contributed by atoms with E-state index < -0.39 is 6.04 Å². The molecule has 0 saturated carbocycles. The number of nitrogens with zero attached hydrogens (tertiary/aromatic N) is 3. The number of hydrogen-bond donors (Lipinski definition) is 0. The molecule has 0 unspecified atom stereocenters. The lowest BCUT2D eigenvalue weighted by molar-refractivity contribution is -0.127. The Bertz CT molecular complexity index is 1890. The Morgan fingerprint density at radius 2 is 1.77 bits per heavy atom. The molecule has 0 bridgehead atoms. The number of ether oxygens (including phenoxy) is 2. The fourth-order valence-corrected chi connectivity index (χ4v) is 6.55. The van der Waals surface area contributed by atoms with Crippen molar-refractivity contribution in [3.63, 3.8) is 0 Å². The van der Waals surface area contributed by atoms with E-state index in [0.717, 1.165) is 5.56 Å². The van der Waals surface area contributed by atoms with E-state index >= 15 is 0 Å². The summed E-state index contributed by atoms with van der Waals surface area (Å²) in [6.45, 7) is 6.98. The van der Waals surface area contributed by atoms with Gasteiger partial charge in [0.25, 0.3) is 11.5 Å². The molecule has 5 rings (SSSR count). The lowest BCUT2D eigenvalue weighted by atomic mass is 9.94. The predicted molar refractivity (Wildman–Crippen MR) is 172 cm³/mol. The third-order valence-corrected chi connectivity index (χ3v) is 8.92. The largest absolute Gasteiger partial charge is 0.496 e. The maximum absolute atomic E-state index is 14.2. The van der Waals surface area contributed by atoms with Crippen molar-refractivity contribution in [2.24, 2.45) is 4.99 Å². The smallest absolute Gasteiger partial charge is 0.271 e. The summed E-state index contributed by atoms with van der Waals surface area (Å²) >= 11 is 14.0. The standard InChI is InChI=1S/C33H31Cl2N3O4S/c1-5-37(6-2)32(40)29-20(3)36-33-38(30(29)24-12-8-10-14-27(24)41-4)31(39)28(43-33)18-22-17-23(34)15-16-26(22)42-19-21-11-7-9-13-25(21)35/h7-18,30H,5-6,19H2,1-4H3/b28-18+/t30-/m1/s1. The van der Waals surface area contributed by atoms with Crippen LogP contribution in [0.1, 0.15) is 43.5 Å². The molecular weight excluding hydrogens is 605 g/mol. The number of carbonyl (C=O) groups is 1. The van der Waals surface area contributed by atoms with E-state index in [0.29, 0.717) is 66.4 Å². The van der Waals surface area contributed by atoms with Gasteiger partial charge >= 0.3 is 0 Å². The third kappa shape index (κ3) is 6.13. The van der Waals surface area contributed by atoms with Crippen molar-refractivity contribution in [1.82, 2.24) is 9.47 Å². The first-order chi connectivity index (χ1) is 20.8. The van der Waals surface area contributed by atoms with Crippen LogP contribution >= 0.6 is 34.5 Å². The molecule has 2 heterocycles. The first-order valence-corrected chi connectivity index (χ1v) is 15.4. The molecule has 0 saturated heterocycles. The van der Waals surface area contributed by atoms with Gasteiger partial charge in [-0.15, -0.1) is 0 Å². The minimum atomic E-state index is -0.724. The van der Waals surface area contributed by atoms with E-state index in [4.69, 9.17) is 37.7 Å². The van der Waals surface area contributed by atoms with Gasteiger partial charge in [-0.1, -0.05) is 70.9 Å². The number of para-hydroxylation sites is 1. The van der Waals surface area contributed by atoms with Crippen molar-refractivity contribution in [2.45, 2.75) is 33.4 Å². The quantitative estimate of drug-likeness (QED) is 0.226. The minimum absolute atomic E-state index is 0.165. The molecule has 4 aromatic rings. The van der Waals surface area contributed by atoms with E-state index in [9.17, 15) is 9.59 Å². The number of aromatic nitrogens is 1. The van der Waals surface area contributed by atoms with Crippen LogP contribution in [0.2, 0.25) is 10.0 Å². The summed E-state index contributed by atoms with van der Waals surface area (Å²) in [6.07, 6.45) is 1.75. The Kier molecular flexibility index (Phi) is 9.40. The highest BCUT2D eigenvalue weighted by molar-refractivity contribution is 7.07. The van der Waals surface area contributed by atoms with Crippen molar-refractivity contribution in [1.29, 1.82) is 0 Å². The fraction of sp³-hybridized carbons (Fsp3) is 0.242. The Labute approximate surface area is 263 Å². The molecule has 1 aliphatic rings. The van der Waals surface area contributed by atoms with Crippen LogP contribution in [0, 0.1) is 0 Å². The molecule has 0 N–H and O–H groups in total. The average Bonchev–Trinajstić information content (AvgIpc) is 3.31. The van der Waals surface area contributed by atoms with E-state index in [-0.39, 0.29) is 18.1 Å². The lowest BCUT2D eigenvalue weighted by Crippen LogP contribution is -2.43. The number of likely N-dealkylation sites (N-methyl/N-ethyl adjacent to an activating group) is 1. The number of fused-ring (bicyclic) bond motifs is 1. The number of carbonyl (C=O) groups excluding carboxylic acids is 1. The van der Waals surface area contributed by atoms with Crippen molar-refractivity contribution < 1.29 is 14.3 Å². The molecule has 0 radical (unpaired) electrons. The summed E-state index contributed by atoms with van der Waals surface area (Å²) in [5.41, 5.74) is 2.89. The monoisotopic (exact) mass is 635 g/mol. The summed E-state index contributed by atoms with van der Waals surface area (Å²) in [5.74, 6) is 0.957. The molecule has 43 heavy (non-hydrogen) atoms. The number of hydrogen-bond acceptors (Lipinski definition) is 6. The Morgan fingerprint density at radius 1 is 1.05 bits per heavy atom. The molecular formula is C33H31Cl2N3O4S.